The summed E-state index contributed by atoms with van der Waals surface area (Å²) in [6, 6.07) is 11.2. The fourth-order valence-electron chi connectivity index (χ4n) is 9.92. The SMILES string of the molecule is CNC(=O)COc1cc2cc(Nc3nc(N4CCC(CN5CC(N6CCC(c7ccc8c(c7)C(=O)N(C7CCC(=O)NC7=O)C8=O)C(F)C6)C5)CC4)ncc3Cl)ccc2n(C(C)C)c1=O. The van der Waals surface area contributed by atoms with Crippen LogP contribution in [-0.4, -0.2) is 136 Å². The van der Waals surface area contributed by atoms with Crippen LogP contribution in [0, 0.1) is 5.92 Å². The summed E-state index contributed by atoms with van der Waals surface area (Å²) in [5.41, 5.74) is 2.15. The second-order valence-electron chi connectivity index (χ2n) is 18.0. The average molecular weight is 911 g/mol. The number of amides is 5. The zero-order valence-electron chi connectivity index (χ0n) is 36.5. The van der Waals surface area contributed by atoms with Crippen LogP contribution in [0.5, 0.6) is 5.75 Å². The first-order valence-corrected chi connectivity index (χ1v) is 22.7. The van der Waals surface area contributed by atoms with Crippen LogP contribution in [0.4, 0.5) is 21.8 Å². The molecule has 0 spiro atoms. The van der Waals surface area contributed by atoms with Gasteiger partial charge in [-0.25, -0.2) is 9.37 Å². The molecule has 2 aromatic heterocycles. The van der Waals surface area contributed by atoms with E-state index < -0.39 is 41.8 Å². The number of fused-ring (bicyclic) bond motifs is 2. The smallest absolute Gasteiger partial charge is 0.293 e. The normalized spacial score (nSPS) is 22.3. The fraction of sp³-hybridized carbons (Fsp3) is 0.478. The lowest BCUT2D eigenvalue weighted by atomic mass is 9.85. The highest BCUT2D eigenvalue weighted by atomic mass is 35.5. The molecule has 342 valence electrons. The molecule has 0 radical (unpaired) electrons. The Morgan fingerprint density at radius 3 is 2.45 bits per heavy atom. The Hall–Kier alpha value is -5.98. The average Bonchev–Trinajstić information content (AvgIpc) is 3.52. The molecule has 9 rings (SSSR count). The van der Waals surface area contributed by atoms with E-state index >= 15 is 4.39 Å². The Morgan fingerprint density at radius 1 is 0.954 bits per heavy atom. The van der Waals surface area contributed by atoms with Crippen LogP contribution >= 0.6 is 11.6 Å². The van der Waals surface area contributed by atoms with Crippen LogP contribution in [0.25, 0.3) is 10.9 Å². The molecule has 3 atom stereocenters. The highest BCUT2D eigenvalue weighted by Crippen LogP contribution is 2.37. The number of imide groups is 2. The quantitative estimate of drug-likeness (QED) is 0.173. The molecule has 0 bridgehead atoms. The zero-order valence-corrected chi connectivity index (χ0v) is 37.3. The molecule has 17 nitrogen and oxygen atoms in total. The Kier molecular flexibility index (Phi) is 12.3. The van der Waals surface area contributed by atoms with Crippen LogP contribution in [0.3, 0.4) is 0 Å². The number of hydrogen-bond donors (Lipinski definition) is 3. The van der Waals surface area contributed by atoms with Gasteiger partial charge in [-0.05, 0) is 94.0 Å². The van der Waals surface area contributed by atoms with E-state index in [-0.39, 0.29) is 59.9 Å². The maximum absolute atomic E-state index is 15.9. The molecule has 4 saturated heterocycles. The van der Waals surface area contributed by atoms with Gasteiger partial charge in [0.05, 0.1) is 22.8 Å². The number of likely N-dealkylation sites (N-methyl/N-ethyl adjacent to an activating group) is 1. The Morgan fingerprint density at radius 2 is 1.72 bits per heavy atom. The van der Waals surface area contributed by atoms with E-state index in [1.807, 2.05) is 32.0 Å². The number of pyridine rings is 1. The summed E-state index contributed by atoms with van der Waals surface area (Å²) in [5, 5.41) is 9.13. The number of rotatable bonds is 12. The van der Waals surface area contributed by atoms with E-state index in [2.05, 4.69) is 35.6 Å². The molecule has 19 heteroatoms. The molecule has 4 fully saturated rings. The largest absolute Gasteiger partial charge is 0.478 e. The molecule has 2 aromatic carbocycles. The van der Waals surface area contributed by atoms with Crippen LogP contribution < -0.4 is 31.1 Å². The van der Waals surface area contributed by atoms with Gasteiger partial charge in [-0.1, -0.05) is 17.7 Å². The second-order valence-corrected chi connectivity index (χ2v) is 18.4. The lowest BCUT2D eigenvalue weighted by Gasteiger charge is -2.49. The molecule has 0 saturated carbocycles. The Bertz CT molecular complexity index is 2630. The van der Waals surface area contributed by atoms with Crippen molar-refractivity contribution >= 4 is 69.5 Å². The third kappa shape index (κ3) is 8.78. The van der Waals surface area contributed by atoms with Gasteiger partial charge < -0.3 is 24.8 Å². The van der Waals surface area contributed by atoms with Gasteiger partial charge in [0.2, 0.25) is 17.8 Å². The summed E-state index contributed by atoms with van der Waals surface area (Å²) in [6.07, 6.45) is 3.11. The molecule has 3 N–H and O–H groups in total. The van der Waals surface area contributed by atoms with E-state index in [4.69, 9.17) is 21.3 Å². The van der Waals surface area contributed by atoms with E-state index in [1.54, 1.807) is 35.0 Å². The van der Waals surface area contributed by atoms with Crippen molar-refractivity contribution in [3.05, 3.63) is 80.7 Å². The fourth-order valence-corrected chi connectivity index (χ4v) is 10.1. The molecule has 5 amide bonds. The minimum absolute atomic E-state index is 0.0447. The summed E-state index contributed by atoms with van der Waals surface area (Å²) in [7, 11) is 1.51. The van der Waals surface area contributed by atoms with Gasteiger partial charge in [0, 0.05) is 81.8 Å². The first-order chi connectivity index (χ1) is 31.3. The van der Waals surface area contributed by atoms with Crippen LogP contribution in [0.2, 0.25) is 5.02 Å². The second kappa shape index (κ2) is 18.1. The standard InChI is InChI=1S/C46H52ClFN10O7/c1-25(2)57-36-7-5-29(16-28(36)18-38(45(57)64)65-24-40(60)49-3)51-41-34(47)19-50-46(53-41)55-13-10-26(11-14-55)20-54-21-30(22-54)56-15-12-31(35(48)23-56)27-4-6-32-33(17-27)44(63)58(43(32)62)37-8-9-39(59)52-42(37)61/h4-7,16-19,25-26,30-31,35,37H,8-15,20-24H2,1-3H3,(H,49,60)(H,50,51,53)(H,52,59,61). The van der Waals surface area contributed by atoms with E-state index in [1.165, 1.54) is 7.05 Å². The van der Waals surface area contributed by atoms with Crippen molar-refractivity contribution in [3.63, 3.8) is 0 Å². The van der Waals surface area contributed by atoms with E-state index in [9.17, 15) is 28.8 Å². The lowest BCUT2D eigenvalue weighted by Crippen LogP contribution is -2.62. The third-order valence-electron chi connectivity index (χ3n) is 13.5. The number of aromatic nitrogens is 3. The highest BCUT2D eigenvalue weighted by molar-refractivity contribution is 6.33. The number of likely N-dealkylation sites (tertiary alicyclic amines) is 2. The first kappa shape index (κ1) is 44.2. The van der Waals surface area contributed by atoms with Crippen molar-refractivity contribution in [1.29, 1.82) is 0 Å². The highest BCUT2D eigenvalue weighted by Gasteiger charge is 2.46. The number of nitrogens with one attached hydrogen (secondary N) is 3. The van der Waals surface area contributed by atoms with Crippen LogP contribution in [-0.2, 0) is 14.4 Å². The Labute approximate surface area is 379 Å². The zero-order chi connectivity index (χ0) is 45.7. The van der Waals surface area contributed by atoms with Crippen molar-refractivity contribution in [2.45, 2.75) is 76.2 Å². The van der Waals surface area contributed by atoms with Gasteiger partial charge >= 0.3 is 0 Å². The van der Waals surface area contributed by atoms with E-state index in [0.29, 0.717) is 46.9 Å². The van der Waals surface area contributed by atoms with Gasteiger partial charge in [0.15, 0.2) is 18.2 Å². The summed E-state index contributed by atoms with van der Waals surface area (Å²) in [6.45, 7) is 8.89. The monoisotopic (exact) mass is 910 g/mol. The topological polar surface area (TPSA) is 191 Å². The number of alkyl halides is 1. The van der Waals surface area contributed by atoms with Gasteiger partial charge in [-0.3, -0.25) is 48.8 Å². The summed E-state index contributed by atoms with van der Waals surface area (Å²) in [5.74, 6) is -1.38. The maximum atomic E-state index is 15.9. The van der Waals surface area contributed by atoms with Crippen molar-refractivity contribution in [2.24, 2.45) is 5.92 Å². The maximum Gasteiger partial charge on any atom is 0.293 e. The molecule has 4 aromatic rings. The number of carbonyl (C=O) groups is 5. The van der Waals surface area contributed by atoms with Gasteiger partial charge in [-0.15, -0.1) is 0 Å². The van der Waals surface area contributed by atoms with Gasteiger partial charge in [0.1, 0.15) is 17.2 Å². The van der Waals surface area contributed by atoms with Gasteiger partial charge in [0.25, 0.3) is 23.3 Å². The number of hydrogen-bond acceptors (Lipinski definition) is 13. The summed E-state index contributed by atoms with van der Waals surface area (Å²) < 4.78 is 23.2. The summed E-state index contributed by atoms with van der Waals surface area (Å²) >= 11 is 6.60. The van der Waals surface area contributed by atoms with E-state index in [0.717, 1.165) is 67.9 Å². The first-order valence-electron chi connectivity index (χ1n) is 22.3. The molecule has 5 aliphatic heterocycles. The van der Waals surface area contributed by atoms with Crippen LogP contribution in [0.15, 0.2) is 53.5 Å². The molecular weight excluding hydrogens is 859 g/mol. The van der Waals surface area contributed by atoms with Crippen molar-refractivity contribution < 1.29 is 33.1 Å². The number of benzene rings is 2. The Balaban J connectivity index is 0.755. The minimum atomic E-state index is -1.14. The molecule has 7 heterocycles. The predicted octanol–water partition coefficient (Wildman–Crippen LogP) is 4.02. The summed E-state index contributed by atoms with van der Waals surface area (Å²) in [4.78, 5) is 92.9. The predicted molar refractivity (Wildman–Crippen MR) is 241 cm³/mol. The number of nitrogens with zero attached hydrogens (tertiary/aromatic N) is 7. The number of ether oxygens (including phenoxy) is 1. The number of carbonyl (C=O) groups excluding carboxylic acids is 5. The van der Waals surface area contributed by atoms with Crippen molar-refractivity contribution in [2.75, 3.05) is 69.7 Å². The molecule has 5 aliphatic rings. The minimum Gasteiger partial charge on any atom is -0.478 e. The molecule has 0 aliphatic carbocycles. The lowest BCUT2D eigenvalue weighted by molar-refractivity contribution is -0.136. The third-order valence-corrected chi connectivity index (χ3v) is 13.8. The molecular formula is C46H52ClFN10O7. The van der Waals surface area contributed by atoms with Crippen molar-refractivity contribution in [3.8, 4) is 5.75 Å². The van der Waals surface area contributed by atoms with Crippen LogP contribution in [0.1, 0.15) is 84.2 Å². The number of anilines is 3. The van der Waals surface area contributed by atoms with Gasteiger partial charge in [-0.2, -0.15) is 4.98 Å². The molecule has 65 heavy (non-hydrogen) atoms. The number of piperidine rings is 3. The van der Waals surface area contributed by atoms with Crippen molar-refractivity contribution in [1.82, 2.24) is 39.9 Å². The molecule has 3 unspecified atom stereocenters. The number of halogens is 2.